The van der Waals surface area contributed by atoms with E-state index in [2.05, 4.69) is 43.1 Å². The van der Waals surface area contributed by atoms with Crippen LogP contribution in [-0.4, -0.2) is 0 Å². The Morgan fingerprint density at radius 3 is 2.92 bits per heavy atom. The predicted octanol–water partition coefficient (Wildman–Crippen LogP) is 3.48. The third-order valence-electron chi connectivity index (χ3n) is 2.04. The third-order valence-corrected chi connectivity index (χ3v) is 2.04. The Labute approximate surface area is 81.0 Å². The molecule has 0 spiro atoms. The zero-order valence-corrected chi connectivity index (χ0v) is 8.59. The van der Waals surface area contributed by atoms with Crippen molar-refractivity contribution in [2.45, 2.75) is 27.2 Å². The molecule has 1 aliphatic rings. The average Bonchev–Trinajstić information content (AvgIpc) is 2.04. The molecule has 0 nitrogen and oxygen atoms in total. The van der Waals surface area contributed by atoms with E-state index in [0.717, 1.165) is 6.42 Å². The minimum Gasteiger partial charge on any atom is -0.106 e. The highest BCUT2D eigenvalue weighted by molar-refractivity contribution is 5.39. The Kier molecular flexibility index (Phi) is 3.58. The summed E-state index contributed by atoms with van der Waals surface area (Å²) in [6.45, 7) is 6.11. The van der Waals surface area contributed by atoms with Gasteiger partial charge >= 0.3 is 0 Å². The van der Waals surface area contributed by atoms with Gasteiger partial charge in [0.15, 0.2) is 0 Å². The molecular formula is C13H16. The number of hydrogen-bond acceptors (Lipinski definition) is 0. The summed E-state index contributed by atoms with van der Waals surface area (Å²) in [4.78, 5) is 0. The Balaban J connectivity index is 2.85. The summed E-state index contributed by atoms with van der Waals surface area (Å²) in [5.74, 6) is 6.59. The molecule has 1 unspecified atom stereocenters. The summed E-state index contributed by atoms with van der Waals surface area (Å²) in [6, 6.07) is 0. The fraction of sp³-hybridized carbons (Fsp3) is 0.385. The average molecular weight is 172 g/mol. The van der Waals surface area contributed by atoms with E-state index in [1.807, 2.05) is 13.8 Å². The van der Waals surface area contributed by atoms with E-state index in [4.69, 9.17) is 0 Å². The third kappa shape index (κ3) is 2.95. The molecule has 0 saturated heterocycles. The smallest absolute Gasteiger partial charge is 0.0428 e. The Hall–Kier alpha value is -1.22. The second-order valence-electron chi connectivity index (χ2n) is 3.36. The highest BCUT2D eigenvalue weighted by atomic mass is 14.1. The molecule has 0 aliphatic heterocycles. The molecule has 0 radical (unpaired) electrons. The molecule has 0 saturated carbocycles. The monoisotopic (exact) mass is 172 g/mol. The lowest BCUT2D eigenvalue weighted by molar-refractivity contribution is 0.802. The van der Waals surface area contributed by atoms with Gasteiger partial charge in [-0.05, 0) is 32.8 Å². The van der Waals surface area contributed by atoms with E-state index in [1.54, 1.807) is 0 Å². The number of allylic oxidation sites excluding steroid dienone is 6. The summed E-state index contributed by atoms with van der Waals surface area (Å²) in [7, 11) is 0. The van der Waals surface area contributed by atoms with Crippen molar-refractivity contribution < 1.29 is 0 Å². The van der Waals surface area contributed by atoms with Crippen LogP contribution in [0.4, 0.5) is 0 Å². The lowest BCUT2D eigenvalue weighted by Crippen LogP contribution is -2.00. The van der Waals surface area contributed by atoms with E-state index in [9.17, 15) is 0 Å². The Bertz CT molecular complexity index is 316. The van der Waals surface area contributed by atoms with Gasteiger partial charge in [-0.25, -0.2) is 0 Å². The van der Waals surface area contributed by atoms with Crippen molar-refractivity contribution in [3.05, 3.63) is 35.5 Å². The lowest BCUT2D eigenvalue weighted by atomic mass is 9.91. The SMILES string of the molecule is CC#CC1C=C(C=CC)C=C(C)C1. The van der Waals surface area contributed by atoms with Crippen LogP contribution in [0.15, 0.2) is 35.5 Å². The van der Waals surface area contributed by atoms with Crippen molar-refractivity contribution in [3.8, 4) is 11.8 Å². The van der Waals surface area contributed by atoms with Gasteiger partial charge < -0.3 is 0 Å². The van der Waals surface area contributed by atoms with Gasteiger partial charge in [-0.1, -0.05) is 35.8 Å². The van der Waals surface area contributed by atoms with Crippen LogP contribution >= 0.6 is 0 Å². The van der Waals surface area contributed by atoms with E-state index in [0.29, 0.717) is 5.92 Å². The van der Waals surface area contributed by atoms with Gasteiger partial charge in [-0.3, -0.25) is 0 Å². The highest BCUT2D eigenvalue weighted by Crippen LogP contribution is 2.22. The summed E-state index contributed by atoms with van der Waals surface area (Å²) < 4.78 is 0. The first kappa shape index (κ1) is 9.86. The van der Waals surface area contributed by atoms with Crippen LogP contribution in [-0.2, 0) is 0 Å². The molecule has 0 heterocycles. The van der Waals surface area contributed by atoms with Crippen molar-refractivity contribution in [1.82, 2.24) is 0 Å². The van der Waals surface area contributed by atoms with E-state index in [1.165, 1.54) is 11.1 Å². The van der Waals surface area contributed by atoms with Crippen molar-refractivity contribution in [2.24, 2.45) is 5.92 Å². The fourth-order valence-electron chi connectivity index (χ4n) is 1.60. The van der Waals surface area contributed by atoms with Crippen molar-refractivity contribution in [1.29, 1.82) is 0 Å². The molecule has 68 valence electrons. The standard InChI is InChI=1S/C13H16/c1-4-6-12-8-11(3)9-13(10-12)7-5-2/h4,6,8,10,13H,9H2,1-3H3. The van der Waals surface area contributed by atoms with E-state index >= 15 is 0 Å². The Morgan fingerprint density at radius 2 is 2.31 bits per heavy atom. The van der Waals surface area contributed by atoms with Gasteiger partial charge in [0.25, 0.3) is 0 Å². The van der Waals surface area contributed by atoms with Gasteiger partial charge in [0.2, 0.25) is 0 Å². The molecule has 13 heavy (non-hydrogen) atoms. The van der Waals surface area contributed by atoms with Crippen molar-refractivity contribution in [3.63, 3.8) is 0 Å². The largest absolute Gasteiger partial charge is 0.106 e. The zero-order chi connectivity index (χ0) is 9.68. The van der Waals surface area contributed by atoms with E-state index < -0.39 is 0 Å². The second-order valence-corrected chi connectivity index (χ2v) is 3.36. The predicted molar refractivity (Wildman–Crippen MR) is 58.2 cm³/mol. The molecular weight excluding hydrogens is 156 g/mol. The van der Waals surface area contributed by atoms with E-state index in [-0.39, 0.29) is 0 Å². The molecule has 0 heteroatoms. The van der Waals surface area contributed by atoms with Crippen LogP contribution < -0.4 is 0 Å². The maximum atomic E-state index is 3.20. The van der Waals surface area contributed by atoms with Crippen LogP contribution in [0.3, 0.4) is 0 Å². The van der Waals surface area contributed by atoms with Crippen molar-refractivity contribution in [2.75, 3.05) is 0 Å². The topological polar surface area (TPSA) is 0 Å². The normalized spacial score (nSPS) is 21.9. The van der Waals surface area contributed by atoms with Crippen LogP contribution in [0, 0.1) is 17.8 Å². The fourth-order valence-corrected chi connectivity index (χ4v) is 1.60. The first-order valence-corrected chi connectivity index (χ1v) is 4.70. The second kappa shape index (κ2) is 4.72. The van der Waals surface area contributed by atoms with Crippen LogP contribution in [0.5, 0.6) is 0 Å². The van der Waals surface area contributed by atoms with Gasteiger partial charge in [0.1, 0.15) is 0 Å². The number of rotatable bonds is 1. The van der Waals surface area contributed by atoms with Gasteiger partial charge in [0, 0.05) is 5.92 Å². The number of hydrogen-bond donors (Lipinski definition) is 0. The molecule has 0 aromatic heterocycles. The minimum atomic E-state index is 0.418. The summed E-state index contributed by atoms with van der Waals surface area (Å²) in [6.07, 6.45) is 9.75. The summed E-state index contributed by atoms with van der Waals surface area (Å²) in [5.41, 5.74) is 2.71. The molecule has 0 amide bonds. The summed E-state index contributed by atoms with van der Waals surface area (Å²) in [5, 5.41) is 0. The molecule has 0 bridgehead atoms. The lowest BCUT2D eigenvalue weighted by Gasteiger charge is -2.13. The molecule has 0 aromatic rings. The van der Waals surface area contributed by atoms with Crippen molar-refractivity contribution >= 4 is 0 Å². The van der Waals surface area contributed by atoms with Gasteiger partial charge in [0.05, 0.1) is 0 Å². The Morgan fingerprint density at radius 1 is 1.54 bits per heavy atom. The zero-order valence-electron chi connectivity index (χ0n) is 8.59. The highest BCUT2D eigenvalue weighted by Gasteiger charge is 2.08. The van der Waals surface area contributed by atoms with Crippen LogP contribution in [0.1, 0.15) is 27.2 Å². The van der Waals surface area contributed by atoms with Crippen LogP contribution in [0.2, 0.25) is 0 Å². The maximum Gasteiger partial charge on any atom is 0.0428 e. The van der Waals surface area contributed by atoms with Crippen LogP contribution in [0.25, 0.3) is 0 Å². The maximum absolute atomic E-state index is 3.20. The first-order chi connectivity index (χ1) is 6.26. The van der Waals surface area contributed by atoms with Gasteiger partial charge in [-0.2, -0.15) is 0 Å². The molecule has 1 atom stereocenters. The molecule has 0 aromatic carbocycles. The first-order valence-electron chi connectivity index (χ1n) is 4.70. The minimum absolute atomic E-state index is 0.418. The van der Waals surface area contributed by atoms with Gasteiger partial charge in [-0.15, -0.1) is 5.92 Å². The molecule has 1 rings (SSSR count). The summed E-state index contributed by atoms with van der Waals surface area (Å²) >= 11 is 0. The molecule has 0 N–H and O–H groups in total. The molecule has 1 aliphatic carbocycles. The quantitative estimate of drug-likeness (QED) is 0.531. The molecule has 0 fully saturated rings.